The van der Waals surface area contributed by atoms with Crippen molar-refractivity contribution in [2.24, 2.45) is 5.73 Å². The molecule has 1 unspecified atom stereocenters. The fourth-order valence-corrected chi connectivity index (χ4v) is 2.10. The fraction of sp³-hybridized carbons (Fsp3) is 0.286. The molecule has 0 aliphatic carbocycles. The molecule has 1 aromatic heterocycles. The SMILES string of the molecule is CC(N)COc1cnn(Cc2cccc(Br)c2)c(=O)c1. The molecule has 0 saturated heterocycles. The van der Waals surface area contributed by atoms with Gasteiger partial charge in [-0.15, -0.1) is 0 Å². The topological polar surface area (TPSA) is 70.1 Å². The van der Waals surface area contributed by atoms with Crippen molar-refractivity contribution in [2.75, 3.05) is 6.61 Å². The number of halogens is 1. The van der Waals surface area contributed by atoms with Crippen LogP contribution in [0.4, 0.5) is 0 Å². The quantitative estimate of drug-likeness (QED) is 0.902. The van der Waals surface area contributed by atoms with E-state index in [2.05, 4.69) is 21.0 Å². The van der Waals surface area contributed by atoms with E-state index in [0.717, 1.165) is 10.0 Å². The van der Waals surface area contributed by atoms with E-state index in [1.54, 1.807) is 0 Å². The average molecular weight is 338 g/mol. The summed E-state index contributed by atoms with van der Waals surface area (Å²) in [5, 5.41) is 4.10. The normalized spacial score (nSPS) is 12.2. The van der Waals surface area contributed by atoms with Crippen LogP contribution in [0.1, 0.15) is 12.5 Å². The van der Waals surface area contributed by atoms with Crippen LogP contribution in [0.2, 0.25) is 0 Å². The van der Waals surface area contributed by atoms with Gasteiger partial charge in [-0.25, -0.2) is 4.68 Å². The van der Waals surface area contributed by atoms with Crippen molar-refractivity contribution in [3.8, 4) is 5.75 Å². The molecule has 0 aliphatic heterocycles. The zero-order valence-electron chi connectivity index (χ0n) is 11.1. The van der Waals surface area contributed by atoms with E-state index in [1.807, 2.05) is 31.2 Å². The molecule has 0 bridgehead atoms. The van der Waals surface area contributed by atoms with Crippen molar-refractivity contribution >= 4 is 15.9 Å². The van der Waals surface area contributed by atoms with Crippen LogP contribution < -0.4 is 16.0 Å². The molecule has 0 aliphatic rings. The van der Waals surface area contributed by atoms with Gasteiger partial charge in [0.25, 0.3) is 5.56 Å². The first-order chi connectivity index (χ1) is 9.54. The lowest BCUT2D eigenvalue weighted by atomic mass is 10.2. The molecule has 0 fully saturated rings. The van der Waals surface area contributed by atoms with Gasteiger partial charge in [0.15, 0.2) is 0 Å². The van der Waals surface area contributed by atoms with Gasteiger partial charge in [-0.05, 0) is 24.6 Å². The van der Waals surface area contributed by atoms with E-state index in [-0.39, 0.29) is 11.6 Å². The third kappa shape index (κ3) is 4.18. The lowest BCUT2D eigenvalue weighted by molar-refractivity contribution is 0.293. The zero-order valence-corrected chi connectivity index (χ0v) is 12.7. The van der Waals surface area contributed by atoms with Crippen molar-refractivity contribution in [1.29, 1.82) is 0 Å². The van der Waals surface area contributed by atoms with Crippen LogP contribution in [0.15, 0.2) is 45.8 Å². The predicted octanol–water partition coefficient (Wildman–Crippen LogP) is 1.78. The number of hydrogen-bond donors (Lipinski definition) is 1. The van der Waals surface area contributed by atoms with E-state index in [0.29, 0.717) is 18.9 Å². The van der Waals surface area contributed by atoms with Crippen molar-refractivity contribution in [2.45, 2.75) is 19.5 Å². The second-order valence-corrected chi connectivity index (χ2v) is 5.52. The molecular weight excluding hydrogens is 322 g/mol. The number of benzene rings is 1. The van der Waals surface area contributed by atoms with Crippen LogP contribution in [0, 0.1) is 0 Å². The van der Waals surface area contributed by atoms with Gasteiger partial charge in [0.1, 0.15) is 12.4 Å². The summed E-state index contributed by atoms with van der Waals surface area (Å²) in [6.07, 6.45) is 1.53. The van der Waals surface area contributed by atoms with Gasteiger partial charge in [-0.3, -0.25) is 4.79 Å². The maximum absolute atomic E-state index is 12.0. The molecule has 2 N–H and O–H groups in total. The van der Waals surface area contributed by atoms with E-state index in [4.69, 9.17) is 10.5 Å². The van der Waals surface area contributed by atoms with Crippen LogP contribution in [0.25, 0.3) is 0 Å². The lowest BCUT2D eigenvalue weighted by Crippen LogP contribution is -2.26. The second-order valence-electron chi connectivity index (χ2n) is 4.61. The van der Waals surface area contributed by atoms with Crippen molar-refractivity contribution in [3.63, 3.8) is 0 Å². The van der Waals surface area contributed by atoms with Gasteiger partial charge < -0.3 is 10.5 Å². The zero-order chi connectivity index (χ0) is 14.5. The highest BCUT2D eigenvalue weighted by Gasteiger charge is 2.04. The highest BCUT2D eigenvalue weighted by atomic mass is 79.9. The first-order valence-corrected chi connectivity index (χ1v) is 7.04. The summed E-state index contributed by atoms with van der Waals surface area (Å²) >= 11 is 3.40. The van der Waals surface area contributed by atoms with Crippen LogP contribution >= 0.6 is 15.9 Å². The van der Waals surface area contributed by atoms with Gasteiger partial charge in [0.05, 0.1) is 12.7 Å². The lowest BCUT2D eigenvalue weighted by Gasteiger charge is -2.09. The largest absolute Gasteiger partial charge is 0.490 e. The van der Waals surface area contributed by atoms with E-state index in [1.165, 1.54) is 16.9 Å². The Morgan fingerprint density at radius 1 is 1.45 bits per heavy atom. The third-order valence-corrected chi connectivity index (χ3v) is 3.07. The molecule has 1 aromatic carbocycles. The number of nitrogens with two attached hydrogens (primary N) is 1. The molecule has 0 spiro atoms. The molecule has 0 radical (unpaired) electrons. The van der Waals surface area contributed by atoms with Crippen LogP contribution in [0.3, 0.4) is 0 Å². The molecule has 2 aromatic rings. The van der Waals surface area contributed by atoms with Crippen molar-refractivity contribution in [3.05, 3.63) is 56.9 Å². The summed E-state index contributed by atoms with van der Waals surface area (Å²) in [6, 6.07) is 9.09. The first-order valence-electron chi connectivity index (χ1n) is 6.24. The average Bonchev–Trinajstić information content (AvgIpc) is 2.39. The molecule has 2 rings (SSSR count). The van der Waals surface area contributed by atoms with Gasteiger partial charge in [-0.1, -0.05) is 28.1 Å². The third-order valence-electron chi connectivity index (χ3n) is 2.58. The fourth-order valence-electron chi connectivity index (χ4n) is 1.65. The standard InChI is InChI=1S/C14H16BrN3O2/c1-10(16)9-20-13-6-14(19)18(17-7-13)8-11-3-2-4-12(15)5-11/h2-7,10H,8-9,16H2,1H3. The Labute approximate surface area is 125 Å². The number of hydrogen-bond acceptors (Lipinski definition) is 4. The van der Waals surface area contributed by atoms with Gasteiger partial charge in [0.2, 0.25) is 0 Å². The molecule has 5 nitrogen and oxygen atoms in total. The van der Waals surface area contributed by atoms with Gasteiger partial charge >= 0.3 is 0 Å². The summed E-state index contributed by atoms with van der Waals surface area (Å²) < 4.78 is 7.73. The molecule has 6 heteroatoms. The first kappa shape index (κ1) is 14.7. The number of nitrogens with zero attached hydrogens (tertiary/aromatic N) is 2. The molecule has 0 saturated carbocycles. The minimum atomic E-state index is -0.202. The monoisotopic (exact) mass is 337 g/mol. The highest BCUT2D eigenvalue weighted by Crippen LogP contribution is 2.12. The molecule has 1 heterocycles. The van der Waals surface area contributed by atoms with E-state index < -0.39 is 0 Å². The summed E-state index contributed by atoms with van der Waals surface area (Å²) in [6.45, 7) is 2.62. The Morgan fingerprint density at radius 3 is 2.90 bits per heavy atom. The minimum absolute atomic E-state index is 0.0842. The number of rotatable bonds is 5. The summed E-state index contributed by atoms with van der Waals surface area (Å²) in [5.74, 6) is 0.442. The van der Waals surface area contributed by atoms with Gasteiger partial charge in [0, 0.05) is 16.6 Å². The Balaban J connectivity index is 2.12. The highest BCUT2D eigenvalue weighted by molar-refractivity contribution is 9.10. The smallest absolute Gasteiger partial charge is 0.270 e. The summed E-state index contributed by atoms with van der Waals surface area (Å²) in [7, 11) is 0. The Bertz CT molecular complexity index is 640. The van der Waals surface area contributed by atoms with Crippen LogP contribution in [-0.4, -0.2) is 22.4 Å². The summed E-state index contributed by atoms with van der Waals surface area (Å²) in [4.78, 5) is 12.0. The number of aromatic nitrogens is 2. The number of ether oxygens (including phenoxy) is 1. The molecule has 1 atom stereocenters. The Hall–Kier alpha value is -1.66. The van der Waals surface area contributed by atoms with E-state index in [9.17, 15) is 4.79 Å². The van der Waals surface area contributed by atoms with Crippen LogP contribution in [-0.2, 0) is 6.54 Å². The minimum Gasteiger partial charge on any atom is -0.490 e. The van der Waals surface area contributed by atoms with Crippen LogP contribution in [0.5, 0.6) is 5.75 Å². The molecule has 0 amide bonds. The molecule has 106 valence electrons. The summed E-state index contributed by atoms with van der Waals surface area (Å²) in [5.41, 5.74) is 6.39. The maximum Gasteiger partial charge on any atom is 0.270 e. The molecule has 20 heavy (non-hydrogen) atoms. The maximum atomic E-state index is 12.0. The molecular formula is C14H16BrN3O2. The Morgan fingerprint density at radius 2 is 2.25 bits per heavy atom. The predicted molar refractivity (Wildman–Crippen MR) is 80.9 cm³/mol. The van der Waals surface area contributed by atoms with E-state index >= 15 is 0 Å². The van der Waals surface area contributed by atoms with Crippen molar-refractivity contribution < 1.29 is 4.74 Å². The van der Waals surface area contributed by atoms with Crippen molar-refractivity contribution in [1.82, 2.24) is 9.78 Å². The Kier molecular flexibility index (Phi) is 4.92. The van der Waals surface area contributed by atoms with Gasteiger partial charge in [-0.2, -0.15) is 5.10 Å². The second kappa shape index (κ2) is 6.67.